The zero-order valence-electron chi connectivity index (χ0n) is 8.87. The largest absolute Gasteiger partial charge is 0.391 e. The first-order valence-electron chi connectivity index (χ1n) is 4.78. The third kappa shape index (κ3) is 3.33. The third-order valence-corrected chi connectivity index (χ3v) is 2.44. The van der Waals surface area contributed by atoms with E-state index in [2.05, 4.69) is 6.07 Å². The first kappa shape index (κ1) is 12.4. The summed E-state index contributed by atoms with van der Waals surface area (Å²) in [5, 5.41) is 18.2. The molecule has 2 unspecified atom stereocenters. The molecule has 0 amide bonds. The van der Waals surface area contributed by atoms with E-state index in [0.717, 1.165) is 0 Å². The highest BCUT2D eigenvalue weighted by Gasteiger charge is 2.30. The summed E-state index contributed by atoms with van der Waals surface area (Å²) in [6.45, 7) is 7.28. The average Bonchev–Trinajstić information content (AvgIpc) is 2.14. The Balaban J connectivity index is 4.35. The van der Waals surface area contributed by atoms with Crippen molar-refractivity contribution in [3.8, 4) is 6.07 Å². The molecule has 13 heavy (non-hydrogen) atoms. The van der Waals surface area contributed by atoms with Gasteiger partial charge < -0.3 is 9.84 Å². The number of nitriles is 1. The monoisotopic (exact) mass is 185 g/mol. The SMILES string of the molecule is CCC(C#N)(CC)OC(C)C(C)O. The van der Waals surface area contributed by atoms with E-state index in [-0.39, 0.29) is 6.10 Å². The van der Waals surface area contributed by atoms with Crippen LogP contribution in [-0.4, -0.2) is 22.9 Å². The fourth-order valence-corrected chi connectivity index (χ4v) is 1.06. The Kier molecular flexibility index (Phi) is 4.97. The number of hydrogen-bond acceptors (Lipinski definition) is 3. The molecule has 0 heterocycles. The van der Waals surface area contributed by atoms with Gasteiger partial charge in [-0.05, 0) is 26.7 Å². The Bertz CT molecular complexity index is 180. The predicted octanol–water partition coefficient (Wildman–Crippen LogP) is 1.85. The molecule has 0 aliphatic carbocycles. The molecule has 76 valence electrons. The van der Waals surface area contributed by atoms with Crippen LogP contribution in [0.25, 0.3) is 0 Å². The summed E-state index contributed by atoms with van der Waals surface area (Å²) in [6.07, 6.45) is 0.471. The number of aliphatic hydroxyl groups is 1. The van der Waals surface area contributed by atoms with Gasteiger partial charge in [0.05, 0.1) is 18.3 Å². The number of hydrogen-bond donors (Lipinski definition) is 1. The third-order valence-electron chi connectivity index (χ3n) is 2.44. The maximum atomic E-state index is 9.24. The van der Waals surface area contributed by atoms with E-state index >= 15 is 0 Å². The summed E-state index contributed by atoms with van der Waals surface area (Å²) < 4.78 is 5.54. The molecule has 0 bridgehead atoms. The second-order valence-electron chi connectivity index (χ2n) is 3.38. The summed E-state index contributed by atoms with van der Waals surface area (Å²) in [6, 6.07) is 2.17. The minimum atomic E-state index is -0.726. The van der Waals surface area contributed by atoms with Crippen LogP contribution in [0.4, 0.5) is 0 Å². The number of ether oxygens (including phenoxy) is 1. The van der Waals surface area contributed by atoms with Gasteiger partial charge in [-0.3, -0.25) is 0 Å². The highest BCUT2D eigenvalue weighted by atomic mass is 16.5. The summed E-state index contributed by atoms with van der Waals surface area (Å²) >= 11 is 0. The lowest BCUT2D eigenvalue weighted by atomic mass is 9.98. The summed E-state index contributed by atoms with van der Waals surface area (Å²) in [5.74, 6) is 0. The predicted molar refractivity (Wildman–Crippen MR) is 51.2 cm³/mol. The van der Waals surface area contributed by atoms with Crippen molar-refractivity contribution in [1.82, 2.24) is 0 Å². The molecule has 0 aromatic rings. The van der Waals surface area contributed by atoms with E-state index < -0.39 is 11.7 Å². The van der Waals surface area contributed by atoms with Crippen LogP contribution >= 0.6 is 0 Å². The van der Waals surface area contributed by atoms with Gasteiger partial charge >= 0.3 is 0 Å². The fourth-order valence-electron chi connectivity index (χ4n) is 1.06. The Labute approximate surface area is 80.3 Å². The van der Waals surface area contributed by atoms with Crippen molar-refractivity contribution in [3.63, 3.8) is 0 Å². The van der Waals surface area contributed by atoms with Crippen molar-refractivity contribution < 1.29 is 9.84 Å². The van der Waals surface area contributed by atoms with Crippen LogP contribution in [0.2, 0.25) is 0 Å². The molecule has 0 aliphatic rings. The molecular weight excluding hydrogens is 166 g/mol. The standard InChI is InChI=1S/C10H19NO2/c1-5-10(6-2,7-11)13-9(4)8(3)12/h8-9,12H,5-6H2,1-4H3. The van der Waals surface area contributed by atoms with Crippen LogP contribution in [0.15, 0.2) is 0 Å². The van der Waals surface area contributed by atoms with E-state index in [1.165, 1.54) is 0 Å². The Morgan fingerprint density at radius 1 is 1.38 bits per heavy atom. The fraction of sp³-hybridized carbons (Fsp3) is 0.900. The van der Waals surface area contributed by atoms with Gasteiger partial charge in [-0.15, -0.1) is 0 Å². The number of aliphatic hydroxyl groups excluding tert-OH is 1. The molecule has 0 saturated heterocycles. The van der Waals surface area contributed by atoms with Gasteiger partial charge in [-0.25, -0.2) is 0 Å². The minimum Gasteiger partial charge on any atom is -0.391 e. The molecule has 1 N–H and O–H groups in total. The van der Waals surface area contributed by atoms with Crippen LogP contribution in [0.5, 0.6) is 0 Å². The molecule has 0 rings (SSSR count). The molecule has 3 nitrogen and oxygen atoms in total. The van der Waals surface area contributed by atoms with Crippen LogP contribution < -0.4 is 0 Å². The van der Waals surface area contributed by atoms with Crippen molar-refractivity contribution in [2.45, 2.75) is 58.3 Å². The van der Waals surface area contributed by atoms with Crippen molar-refractivity contribution in [3.05, 3.63) is 0 Å². The molecule has 3 heteroatoms. The average molecular weight is 185 g/mol. The Hall–Kier alpha value is -0.590. The maximum Gasteiger partial charge on any atom is 0.154 e. The van der Waals surface area contributed by atoms with E-state index in [0.29, 0.717) is 12.8 Å². The molecule has 0 aromatic carbocycles. The molecule has 2 atom stereocenters. The van der Waals surface area contributed by atoms with Crippen molar-refractivity contribution >= 4 is 0 Å². The summed E-state index contributed by atoms with van der Waals surface area (Å²) in [7, 11) is 0. The number of rotatable bonds is 5. The zero-order valence-corrected chi connectivity index (χ0v) is 8.87. The van der Waals surface area contributed by atoms with Crippen LogP contribution in [-0.2, 0) is 4.74 Å². The van der Waals surface area contributed by atoms with Gasteiger partial charge in [-0.1, -0.05) is 13.8 Å². The first-order valence-corrected chi connectivity index (χ1v) is 4.78. The quantitative estimate of drug-likeness (QED) is 0.711. The van der Waals surface area contributed by atoms with Crippen LogP contribution in [0, 0.1) is 11.3 Å². The second-order valence-corrected chi connectivity index (χ2v) is 3.38. The van der Waals surface area contributed by atoms with E-state index in [1.807, 2.05) is 13.8 Å². The molecule has 0 aliphatic heterocycles. The van der Waals surface area contributed by atoms with E-state index in [9.17, 15) is 5.11 Å². The maximum absolute atomic E-state index is 9.24. The lowest BCUT2D eigenvalue weighted by Gasteiger charge is -2.29. The Morgan fingerprint density at radius 2 is 1.85 bits per heavy atom. The molecule has 0 spiro atoms. The summed E-state index contributed by atoms with van der Waals surface area (Å²) in [4.78, 5) is 0. The zero-order chi connectivity index (χ0) is 10.5. The highest BCUT2D eigenvalue weighted by molar-refractivity contribution is 5.00. The van der Waals surface area contributed by atoms with Crippen molar-refractivity contribution in [2.24, 2.45) is 0 Å². The highest BCUT2D eigenvalue weighted by Crippen LogP contribution is 2.22. The minimum absolute atomic E-state index is 0.292. The van der Waals surface area contributed by atoms with Gasteiger partial charge in [0.15, 0.2) is 5.60 Å². The van der Waals surface area contributed by atoms with Crippen LogP contribution in [0.3, 0.4) is 0 Å². The van der Waals surface area contributed by atoms with Gasteiger partial charge in [0, 0.05) is 0 Å². The molecule has 0 saturated carbocycles. The first-order chi connectivity index (χ1) is 6.01. The lowest BCUT2D eigenvalue weighted by molar-refractivity contribution is -0.0983. The smallest absolute Gasteiger partial charge is 0.154 e. The van der Waals surface area contributed by atoms with Gasteiger partial charge in [-0.2, -0.15) is 5.26 Å². The van der Waals surface area contributed by atoms with Crippen molar-refractivity contribution in [1.29, 1.82) is 5.26 Å². The summed E-state index contributed by atoms with van der Waals surface area (Å²) in [5.41, 5.74) is -0.726. The Morgan fingerprint density at radius 3 is 2.08 bits per heavy atom. The van der Waals surface area contributed by atoms with Gasteiger partial charge in [0.25, 0.3) is 0 Å². The normalized spacial score (nSPS) is 16.3. The topological polar surface area (TPSA) is 53.2 Å². The second kappa shape index (κ2) is 5.21. The van der Waals surface area contributed by atoms with Crippen LogP contribution in [0.1, 0.15) is 40.5 Å². The van der Waals surface area contributed by atoms with Crippen molar-refractivity contribution in [2.75, 3.05) is 0 Å². The van der Waals surface area contributed by atoms with E-state index in [4.69, 9.17) is 10.00 Å². The van der Waals surface area contributed by atoms with Gasteiger partial charge in [0.1, 0.15) is 0 Å². The molecular formula is C10H19NO2. The van der Waals surface area contributed by atoms with E-state index in [1.54, 1.807) is 13.8 Å². The molecule has 0 fully saturated rings. The van der Waals surface area contributed by atoms with Gasteiger partial charge in [0.2, 0.25) is 0 Å². The molecule has 0 aromatic heterocycles. The lowest BCUT2D eigenvalue weighted by Crippen LogP contribution is -2.37. The number of nitrogens with zero attached hydrogens (tertiary/aromatic N) is 1. The molecule has 0 radical (unpaired) electrons.